The van der Waals surface area contributed by atoms with Crippen molar-refractivity contribution >= 4 is 35.4 Å². The number of guanidine groups is 1. The van der Waals surface area contributed by atoms with Crippen molar-refractivity contribution in [3.05, 3.63) is 30.3 Å². The lowest BCUT2D eigenvalue weighted by Gasteiger charge is -2.42. The zero-order valence-electron chi connectivity index (χ0n) is 12.5. The number of benzene rings is 1. The number of likely N-dealkylation sites (tertiary alicyclic amines) is 1. The molecule has 0 unspecified atom stereocenters. The highest BCUT2D eigenvalue weighted by atomic mass is 16.4. The SMILES string of the molecule is N=C(N)N=C(N)C[C@H]1C(=O)N(C(=O)Nc2ccccc2)[C@@H]1C(=O)O. The molecule has 2 rings (SSSR count). The molecular weight excluding hydrogens is 316 g/mol. The van der Waals surface area contributed by atoms with Gasteiger partial charge in [-0.25, -0.2) is 19.5 Å². The van der Waals surface area contributed by atoms with Crippen LogP contribution in [0.3, 0.4) is 0 Å². The smallest absolute Gasteiger partial charge is 0.329 e. The van der Waals surface area contributed by atoms with Crippen LogP contribution in [-0.2, 0) is 9.59 Å². The third-order valence-electron chi connectivity index (χ3n) is 3.40. The number of nitrogens with two attached hydrogens (primary N) is 2. The molecule has 0 saturated carbocycles. The molecule has 126 valence electrons. The normalized spacial score (nSPS) is 20.2. The molecule has 10 heteroatoms. The van der Waals surface area contributed by atoms with E-state index in [1.165, 1.54) is 0 Å². The van der Waals surface area contributed by atoms with Gasteiger partial charge < -0.3 is 21.9 Å². The van der Waals surface area contributed by atoms with Crippen LogP contribution < -0.4 is 16.8 Å². The Morgan fingerprint density at radius 1 is 1.29 bits per heavy atom. The molecule has 3 amide bonds. The number of β-lactam (4-membered cyclic amide) rings is 1. The van der Waals surface area contributed by atoms with E-state index in [1.54, 1.807) is 30.3 Å². The first-order valence-corrected chi connectivity index (χ1v) is 6.90. The van der Waals surface area contributed by atoms with Crippen molar-refractivity contribution < 1.29 is 19.5 Å². The van der Waals surface area contributed by atoms with E-state index in [0.717, 1.165) is 0 Å². The van der Waals surface area contributed by atoms with Crippen molar-refractivity contribution in [3.8, 4) is 0 Å². The Hall–Kier alpha value is -3.43. The topological polar surface area (TPSA) is 175 Å². The summed E-state index contributed by atoms with van der Waals surface area (Å²) in [5.41, 5.74) is 11.0. The number of amides is 3. The molecular formula is C14H16N6O4. The number of hydrogen-bond acceptors (Lipinski definition) is 4. The molecule has 1 saturated heterocycles. The highest BCUT2D eigenvalue weighted by molar-refractivity contribution is 6.12. The van der Waals surface area contributed by atoms with Gasteiger partial charge in [0.2, 0.25) is 11.9 Å². The van der Waals surface area contributed by atoms with Crippen LogP contribution in [0.5, 0.6) is 0 Å². The van der Waals surface area contributed by atoms with Crippen molar-refractivity contribution in [2.45, 2.75) is 12.5 Å². The van der Waals surface area contributed by atoms with E-state index in [4.69, 9.17) is 16.9 Å². The minimum atomic E-state index is -1.36. The Labute approximate surface area is 136 Å². The summed E-state index contributed by atoms with van der Waals surface area (Å²) >= 11 is 0. The fourth-order valence-corrected chi connectivity index (χ4v) is 2.39. The van der Waals surface area contributed by atoms with Crippen LogP contribution in [-0.4, -0.2) is 45.8 Å². The minimum Gasteiger partial charge on any atom is -0.480 e. The first-order chi connectivity index (χ1) is 11.3. The molecule has 7 N–H and O–H groups in total. The monoisotopic (exact) mass is 332 g/mol. The summed E-state index contributed by atoms with van der Waals surface area (Å²) in [6.07, 6.45) is -0.204. The molecule has 0 aromatic heterocycles. The number of anilines is 1. The van der Waals surface area contributed by atoms with E-state index in [-0.39, 0.29) is 12.3 Å². The minimum absolute atomic E-state index is 0.143. The van der Waals surface area contributed by atoms with Gasteiger partial charge in [0.15, 0.2) is 6.04 Å². The lowest BCUT2D eigenvalue weighted by Crippen LogP contribution is -2.67. The number of nitrogens with zero attached hydrogens (tertiary/aromatic N) is 2. The van der Waals surface area contributed by atoms with E-state index >= 15 is 0 Å². The summed E-state index contributed by atoms with van der Waals surface area (Å²) in [6.45, 7) is 0. The molecule has 1 heterocycles. The molecule has 0 radical (unpaired) electrons. The average Bonchev–Trinajstić information content (AvgIpc) is 2.49. The van der Waals surface area contributed by atoms with Crippen molar-refractivity contribution in [2.24, 2.45) is 22.4 Å². The fraction of sp³-hybridized carbons (Fsp3) is 0.214. The van der Waals surface area contributed by atoms with Gasteiger partial charge in [-0.3, -0.25) is 10.2 Å². The maximum atomic E-state index is 12.1. The van der Waals surface area contributed by atoms with Gasteiger partial charge in [0.1, 0.15) is 5.84 Å². The summed E-state index contributed by atoms with van der Waals surface area (Å²) in [5.74, 6) is -3.75. The predicted octanol–water partition coefficient (Wildman–Crippen LogP) is -0.229. The van der Waals surface area contributed by atoms with Gasteiger partial charge in [-0.1, -0.05) is 18.2 Å². The molecule has 1 fully saturated rings. The summed E-state index contributed by atoms with van der Waals surface area (Å²) in [4.78, 5) is 39.7. The van der Waals surface area contributed by atoms with Crippen molar-refractivity contribution in [3.63, 3.8) is 0 Å². The Morgan fingerprint density at radius 3 is 2.46 bits per heavy atom. The third kappa shape index (κ3) is 3.48. The van der Waals surface area contributed by atoms with Gasteiger partial charge >= 0.3 is 12.0 Å². The standard InChI is InChI=1S/C14H16N6O4/c15-9(19-13(16)17)6-8-10(12(22)23)20(11(8)21)14(24)18-7-4-2-1-3-5-7/h1-5,8,10H,6H2,(H,18,24)(H,22,23)(H5,15,16,17,19)/t8-,10+/m1/s1. The van der Waals surface area contributed by atoms with Crippen LogP contribution in [0.1, 0.15) is 6.42 Å². The Morgan fingerprint density at radius 2 is 1.92 bits per heavy atom. The molecule has 0 spiro atoms. The van der Waals surface area contributed by atoms with Gasteiger partial charge in [-0.05, 0) is 12.1 Å². The molecule has 1 aliphatic rings. The number of nitrogens with one attached hydrogen (secondary N) is 2. The van der Waals surface area contributed by atoms with Gasteiger partial charge in [-0.2, -0.15) is 0 Å². The second-order valence-corrected chi connectivity index (χ2v) is 5.09. The number of urea groups is 1. The van der Waals surface area contributed by atoms with Crippen molar-refractivity contribution in [1.29, 1.82) is 5.41 Å². The molecule has 10 nitrogen and oxygen atoms in total. The molecule has 1 aliphatic heterocycles. The van der Waals surface area contributed by atoms with Crippen LogP contribution >= 0.6 is 0 Å². The zero-order valence-corrected chi connectivity index (χ0v) is 12.5. The van der Waals surface area contributed by atoms with E-state index in [2.05, 4.69) is 10.3 Å². The molecule has 1 aromatic carbocycles. The lowest BCUT2D eigenvalue weighted by atomic mass is 9.84. The largest absolute Gasteiger partial charge is 0.480 e. The Bertz CT molecular complexity index is 717. The van der Waals surface area contributed by atoms with Crippen LogP contribution in [0.25, 0.3) is 0 Å². The summed E-state index contributed by atoms with van der Waals surface area (Å²) in [6, 6.07) is 6.13. The summed E-state index contributed by atoms with van der Waals surface area (Å²) in [5, 5.41) is 18.7. The van der Waals surface area contributed by atoms with Crippen LogP contribution in [0, 0.1) is 11.3 Å². The van der Waals surface area contributed by atoms with E-state index in [1.807, 2.05) is 0 Å². The molecule has 0 aliphatic carbocycles. The van der Waals surface area contributed by atoms with E-state index in [0.29, 0.717) is 10.6 Å². The van der Waals surface area contributed by atoms with E-state index in [9.17, 15) is 19.5 Å². The van der Waals surface area contributed by atoms with Crippen LogP contribution in [0.15, 0.2) is 35.3 Å². The van der Waals surface area contributed by atoms with Gasteiger partial charge in [-0.15, -0.1) is 0 Å². The zero-order chi connectivity index (χ0) is 17.9. The second kappa shape index (κ2) is 6.77. The molecule has 1 aromatic rings. The summed E-state index contributed by atoms with van der Waals surface area (Å²) < 4.78 is 0. The highest BCUT2D eigenvalue weighted by Gasteiger charge is 2.55. The number of imide groups is 1. The molecule has 2 atom stereocenters. The number of amidine groups is 1. The van der Waals surface area contributed by atoms with E-state index < -0.39 is 35.8 Å². The first-order valence-electron chi connectivity index (χ1n) is 6.90. The number of aliphatic imine (C=N–C) groups is 1. The van der Waals surface area contributed by atoms with Crippen LogP contribution in [0.2, 0.25) is 0 Å². The maximum Gasteiger partial charge on any atom is 0.329 e. The quantitative estimate of drug-likeness (QED) is 0.289. The van der Waals surface area contributed by atoms with Gasteiger partial charge in [0, 0.05) is 12.1 Å². The number of hydrogen-bond donors (Lipinski definition) is 5. The maximum absolute atomic E-state index is 12.1. The second-order valence-electron chi connectivity index (χ2n) is 5.09. The number of carbonyl (C=O) groups excluding carboxylic acids is 2. The van der Waals surface area contributed by atoms with Crippen molar-refractivity contribution in [2.75, 3.05) is 5.32 Å². The van der Waals surface area contributed by atoms with Gasteiger partial charge in [0.25, 0.3) is 0 Å². The van der Waals surface area contributed by atoms with Crippen molar-refractivity contribution in [1.82, 2.24) is 4.90 Å². The Kier molecular flexibility index (Phi) is 4.78. The number of para-hydroxylation sites is 1. The van der Waals surface area contributed by atoms with Gasteiger partial charge in [0.05, 0.1) is 5.92 Å². The number of carbonyl (C=O) groups is 3. The number of carboxylic acid groups (broad SMARTS) is 1. The average molecular weight is 332 g/mol. The number of aliphatic carboxylic acids is 1. The highest BCUT2D eigenvalue weighted by Crippen LogP contribution is 2.30. The Balaban J connectivity index is 2.11. The molecule has 0 bridgehead atoms. The third-order valence-corrected chi connectivity index (χ3v) is 3.40. The fourth-order valence-electron chi connectivity index (χ4n) is 2.39. The number of rotatable bonds is 4. The van der Waals surface area contributed by atoms with Crippen LogP contribution in [0.4, 0.5) is 10.5 Å². The summed E-state index contributed by atoms with van der Waals surface area (Å²) in [7, 11) is 0. The number of carboxylic acids is 1. The predicted molar refractivity (Wildman–Crippen MR) is 85.4 cm³/mol. The first kappa shape index (κ1) is 16.9. The lowest BCUT2D eigenvalue weighted by molar-refractivity contribution is -0.164. The molecule has 24 heavy (non-hydrogen) atoms.